The van der Waals surface area contributed by atoms with Gasteiger partial charge in [-0.05, 0) is 56.0 Å². The van der Waals surface area contributed by atoms with E-state index >= 15 is 0 Å². The van der Waals surface area contributed by atoms with Gasteiger partial charge < -0.3 is 4.90 Å². The molecular weight excluding hydrogens is 317 g/mol. The third-order valence-electron chi connectivity index (χ3n) is 5.37. The number of nitrogens with zero attached hydrogens (tertiary/aromatic N) is 3. The molecule has 2 aliphatic heterocycles. The molecule has 3 rings (SSSR count). The molecule has 1 amide bonds. The number of likely N-dealkylation sites (tertiary alicyclic amines) is 1. The first-order valence-electron chi connectivity index (χ1n) is 9.57. The van der Waals surface area contributed by atoms with E-state index in [0.29, 0.717) is 18.4 Å². The third-order valence-corrected chi connectivity index (χ3v) is 5.37. The predicted molar refractivity (Wildman–Crippen MR) is 97.7 cm³/mol. The molecule has 0 aromatic heterocycles. The first-order valence-corrected chi connectivity index (χ1v) is 9.57. The highest BCUT2D eigenvalue weighted by molar-refractivity contribution is 5.78. The fourth-order valence-corrected chi connectivity index (χ4v) is 3.90. The summed E-state index contributed by atoms with van der Waals surface area (Å²) in [6, 6.07) is 6.77. The maximum atomic E-state index is 13.0. The van der Waals surface area contributed by atoms with E-state index in [1.807, 2.05) is 12.1 Å². The average molecular weight is 347 g/mol. The van der Waals surface area contributed by atoms with E-state index < -0.39 is 0 Å². The van der Waals surface area contributed by atoms with E-state index in [9.17, 15) is 9.18 Å². The fourth-order valence-electron chi connectivity index (χ4n) is 3.90. The van der Waals surface area contributed by atoms with Gasteiger partial charge in [0.25, 0.3) is 0 Å². The third kappa shape index (κ3) is 5.51. The molecule has 1 aromatic rings. The summed E-state index contributed by atoms with van der Waals surface area (Å²) < 4.78 is 13.0. The topological polar surface area (TPSA) is 26.8 Å². The number of piperidine rings is 1. The van der Waals surface area contributed by atoms with Crippen LogP contribution in [0.1, 0.15) is 31.7 Å². The monoisotopic (exact) mass is 347 g/mol. The predicted octanol–water partition coefficient (Wildman–Crippen LogP) is 2.59. The lowest BCUT2D eigenvalue weighted by atomic mass is 10.0. The highest BCUT2D eigenvalue weighted by Crippen LogP contribution is 2.16. The number of carbonyl (C=O) groups is 1. The Morgan fingerprint density at radius 3 is 2.52 bits per heavy atom. The molecule has 138 valence electrons. The zero-order valence-corrected chi connectivity index (χ0v) is 15.3. The van der Waals surface area contributed by atoms with Gasteiger partial charge in [0.05, 0.1) is 6.54 Å². The summed E-state index contributed by atoms with van der Waals surface area (Å²) in [6.07, 6.45) is 3.45. The Kier molecular flexibility index (Phi) is 6.43. The Balaban J connectivity index is 1.46. The van der Waals surface area contributed by atoms with E-state index in [1.54, 1.807) is 0 Å². The van der Waals surface area contributed by atoms with Gasteiger partial charge in [-0.15, -0.1) is 0 Å². The zero-order valence-electron chi connectivity index (χ0n) is 15.3. The number of hydrogen-bond acceptors (Lipinski definition) is 3. The van der Waals surface area contributed by atoms with Crippen molar-refractivity contribution < 1.29 is 9.18 Å². The van der Waals surface area contributed by atoms with Gasteiger partial charge in [0.15, 0.2) is 0 Å². The summed E-state index contributed by atoms with van der Waals surface area (Å²) in [5.74, 6) is 0.739. The highest BCUT2D eigenvalue weighted by atomic mass is 19.1. The van der Waals surface area contributed by atoms with Gasteiger partial charge in [0.2, 0.25) is 5.91 Å². The van der Waals surface area contributed by atoms with E-state index in [0.717, 1.165) is 64.2 Å². The summed E-state index contributed by atoms with van der Waals surface area (Å²) in [7, 11) is 0. The Bertz CT molecular complexity index is 563. The summed E-state index contributed by atoms with van der Waals surface area (Å²) >= 11 is 0. The Hall–Kier alpha value is -1.46. The number of rotatable bonds is 4. The van der Waals surface area contributed by atoms with Gasteiger partial charge in [-0.2, -0.15) is 0 Å². The van der Waals surface area contributed by atoms with Crippen LogP contribution in [0.2, 0.25) is 0 Å². The van der Waals surface area contributed by atoms with E-state index in [2.05, 4.69) is 21.6 Å². The second kappa shape index (κ2) is 8.77. The summed E-state index contributed by atoms with van der Waals surface area (Å²) in [5.41, 5.74) is 1.15. The van der Waals surface area contributed by atoms with Crippen LogP contribution in [0.25, 0.3) is 0 Å². The highest BCUT2D eigenvalue weighted by Gasteiger charge is 2.23. The molecule has 2 aliphatic rings. The van der Waals surface area contributed by atoms with Gasteiger partial charge in [-0.1, -0.05) is 19.1 Å². The lowest BCUT2D eigenvalue weighted by molar-refractivity contribution is -0.134. The molecule has 0 bridgehead atoms. The van der Waals surface area contributed by atoms with Crippen LogP contribution in [0, 0.1) is 11.7 Å². The van der Waals surface area contributed by atoms with E-state index in [1.165, 1.54) is 18.6 Å². The standard InChI is InChI=1S/C20H30FN3O/c1-17-4-2-11-24(14-17)20(25)16-23-10-3-9-22(12-13-23)15-18-5-7-19(21)8-6-18/h5-8,17H,2-4,9-16H2,1H3. The van der Waals surface area contributed by atoms with Gasteiger partial charge in [0, 0.05) is 32.7 Å². The largest absolute Gasteiger partial charge is 0.341 e. The average Bonchev–Trinajstić information content (AvgIpc) is 2.82. The number of hydrogen-bond donors (Lipinski definition) is 0. The second-order valence-electron chi connectivity index (χ2n) is 7.62. The molecular formula is C20H30FN3O. The van der Waals surface area contributed by atoms with Gasteiger partial charge >= 0.3 is 0 Å². The second-order valence-corrected chi connectivity index (χ2v) is 7.62. The molecule has 0 aliphatic carbocycles. The molecule has 2 saturated heterocycles. The van der Waals surface area contributed by atoms with Gasteiger partial charge in [-0.25, -0.2) is 4.39 Å². The van der Waals surface area contributed by atoms with Crippen molar-refractivity contribution in [2.24, 2.45) is 5.92 Å². The minimum atomic E-state index is -0.184. The first-order chi connectivity index (χ1) is 12.1. The van der Waals surface area contributed by atoms with Crippen LogP contribution in [-0.2, 0) is 11.3 Å². The summed E-state index contributed by atoms with van der Waals surface area (Å²) in [5, 5.41) is 0. The lowest BCUT2D eigenvalue weighted by Crippen LogP contribution is -2.45. The molecule has 2 fully saturated rings. The molecule has 1 aromatic carbocycles. The lowest BCUT2D eigenvalue weighted by Gasteiger charge is -2.32. The molecule has 5 heteroatoms. The van der Waals surface area contributed by atoms with Crippen LogP contribution in [0.3, 0.4) is 0 Å². The van der Waals surface area contributed by atoms with Crippen molar-refractivity contribution in [1.29, 1.82) is 0 Å². The normalized spacial score (nSPS) is 23.4. The molecule has 0 N–H and O–H groups in total. The van der Waals surface area contributed by atoms with Crippen molar-refractivity contribution >= 4 is 5.91 Å². The first kappa shape index (κ1) is 18.3. The molecule has 0 radical (unpaired) electrons. The summed E-state index contributed by atoms with van der Waals surface area (Å²) in [6.45, 7) is 9.38. The fraction of sp³-hybridized carbons (Fsp3) is 0.650. The number of carbonyl (C=O) groups excluding carboxylic acids is 1. The Morgan fingerprint density at radius 2 is 1.76 bits per heavy atom. The minimum absolute atomic E-state index is 0.184. The maximum absolute atomic E-state index is 13.0. The SMILES string of the molecule is CC1CCCN(C(=O)CN2CCCN(Cc3ccc(F)cc3)CC2)C1. The van der Waals surface area contributed by atoms with Gasteiger partial charge in [-0.3, -0.25) is 14.6 Å². The zero-order chi connectivity index (χ0) is 17.6. The van der Waals surface area contributed by atoms with Crippen molar-refractivity contribution in [3.8, 4) is 0 Å². The van der Waals surface area contributed by atoms with Crippen molar-refractivity contribution in [1.82, 2.24) is 14.7 Å². The van der Waals surface area contributed by atoms with Crippen LogP contribution in [-0.4, -0.2) is 66.4 Å². The van der Waals surface area contributed by atoms with Crippen molar-refractivity contribution in [2.75, 3.05) is 45.8 Å². The van der Waals surface area contributed by atoms with Gasteiger partial charge in [0.1, 0.15) is 5.82 Å². The van der Waals surface area contributed by atoms with Crippen LogP contribution >= 0.6 is 0 Å². The minimum Gasteiger partial charge on any atom is -0.341 e. The van der Waals surface area contributed by atoms with Crippen LogP contribution in [0.4, 0.5) is 4.39 Å². The number of halogens is 1. The number of amides is 1. The quantitative estimate of drug-likeness (QED) is 0.838. The molecule has 25 heavy (non-hydrogen) atoms. The van der Waals surface area contributed by atoms with E-state index in [-0.39, 0.29) is 5.82 Å². The van der Waals surface area contributed by atoms with Crippen molar-refractivity contribution in [3.63, 3.8) is 0 Å². The molecule has 4 nitrogen and oxygen atoms in total. The molecule has 2 heterocycles. The summed E-state index contributed by atoms with van der Waals surface area (Å²) in [4.78, 5) is 19.3. The smallest absolute Gasteiger partial charge is 0.236 e. The van der Waals surface area contributed by atoms with Crippen LogP contribution in [0.15, 0.2) is 24.3 Å². The molecule has 0 spiro atoms. The molecule has 0 saturated carbocycles. The molecule has 1 unspecified atom stereocenters. The Labute approximate surface area is 150 Å². The maximum Gasteiger partial charge on any atom is 0.236 e. The van der Waals surface area contributed by atoms with Crippen molar-refractivity contribution in [2.45, 2.75) is 32.7 Å². The number of benzene rings is 1. The van der Waals surface area contributed by atoms with E-state index in [4.69, 9.17) is 0 Å². The van der Waals surface area contributed by atoms with Crippen molar-refractivity contribution in [3.05, 3.63) is 35.6 Å². The Morgan fingerprint density at radius 1 is 1.04 bits per heavy atom. The molecule has 1 atom stereocenters. The van der Waals surface area contributed by atoms with Crippen LogP contribution < -0.4 is 0 Å². The van der Waals surface area contributed by atoms with Crippen LogP contribution in [0.5, 0.6) is 0 Å².